The Labute approximate surface area is 101 Å². The third-order valence-electron chi connectivity index (χ3n) is 2.39. The lowest BCUT2D eigenvalue weighted by Gasteiger charge is -2.09. The van der Waals surface area contributed by atoms with Gasteiger partial charge in [0, 0.05) is 0 Å². The van der Waals surface area contributed by atoms with Gasteiger partial charge in [-0.2, -0.15) is 0 Å². The first-order valence-corrected chi connectivity index (χ1v) is 5.21. The number of rotatable bonds is 4. The number of carbonyl (C=O) groups is 2. The molecule has 0 fully saturated rings. The second-order valence-corrected chi connectivity index (χ2v) is 3.65. The van der Waals surface area contributed by atoms with E-state index in [0.717, 1.165) is 0 Å². The van der Waals surface area contributed by atoms with Crippen molar-refractivity contribution in [2.45, 2.75) is 6.04 Å². The van der Waals surface area contributed by atoms with Crippen LogP contribution in [0.3, 0.4) is 0 Å². The van der Waals surface area contributed by atoms with Crippen LogP contribution >= 0.6 is 0 Å². The van der Waals surface area contributed by atoms with E-state index in [4.69, 9.17) is 10.2 Å². The lowest BCUT2D eigenvalue weighted by molar-refractivity contribution is -0.140. The van der Waals surface area contributed by atoms with Crippen LogP contribution in [0.25, 0.3) is 11.0 Å². The zero-order chi connectivity index (χ0) is 13.1. The van der Waals surface area contributed by atoms with Gasteiger partial charge in [0.1, 0.15) is 0 Å². The average Bonchev–Trinajstić information content (AvgIpc) is 2.79. The first-order chi connectivity index (χ1) is 8.61. The summed E-state index contributed by atoms with van der Waals surface area (Å²) in [7, 11) is 0. The number of imidazole rings is 1. The van der Waals surface area contributed by atoms with Crippen molar-refractivity contribution in [2.75, 3.05) is 6.61 Å². The van der Waals surface area contributed by atoms with E-state index in [-0.39, 0.29) is 5.82 Å². The minimum Gasteiger partial charge on any atom is -0.480 e. The zero-order valence-corrected chi connectivity index (χ0v) is 9.25. The summed E-state index contributed by atoms with van der Waals surface area (Å²) in [5.74, 6) is -1.97. The first-order valence-electron chi connectivity index (χ1n) is 5.21. The van der Waals surface area contributed by atoms with Crippen molar-refractivity contribution in [3.05, 3.63) is 30.1 Å². The highest BCUT2D eigenvalue weighted by atomic mass is 16.4. The number of nitrogens with zero attached hydrogens (tertiary/aromatic N) is 1. The number of H-pyrrole nitrogens is 1. The smallest absolute Gasteiger partial charge is 0.328 e. The molecule has 7 heteroatoms. The predicted molar refractivity (Wildman–Crippen MR) is 62.1 cm³/mol. The quantitative estimate of drug-likeness (QED) is 0.595. The van der Waals surface area contributed by atoms with Gasteiger partial charge in [0.05, 0.1) is 17.6 Å². The Morgan fingerprint density at radius 1 is 1.39 bits per heavy atom. The highest BCUT2D eigenvalue weighted by molar-refractivity contribution is 5.96. The third kappa shape index (κ3) is 2.30. The van der Waals surface area contributed by atoms with Crippen molar-refractivity contribution >= 4 is 22.9 Å². The van der Waals surface area contributed by atoms with Gasteiger partial charge in [-0.25, -0.2) is 9.78 Å². The highest BCUT2D eigenvalue weighted by Crippen LogP contribution is 2.10. The number of aliphatic carboxylic acids is 1. The van der Waals surface area contributed by atoms with E-state index in [0.29, 0.717) is 11.0 Å². The number of benzene rings is 1. The second kappa shape index (κ2) is 4.84. The Bertz CT molecular complexity index is 560. The van der Waals surface area contributed by atoms with Crippen molar-refractivity contribution in [2.24, 2.45) is 0 Å². The van der Waals surface area contributed by atoms with Crippen molar-refractivity contribution in [1.82, 2.24) is 15.3 Å². The molecule has 0 radical (unpaired) electrons. The molecule has 1 amide bonds. The van der Waals surface area contributed by atoms with E-state index in [1.165, 1.54) is 0 Å². The molecule has 2 rings (SSSR count). The van der Waals surface area contributed by atoms with Crippen LogP contribution in [-0.4, -0.2) is 44.7 Å². The van der Waals surface area contributed by atoms with Crippen LogP contribution in [0.1, 0.15) is 10.6 Å². The summed E-state index contributed by atoms with van der Waals surface area (Å²) in [5.41, 5.74) is 1.29. The normalized spacial score (nSPS) is 12.3. The summed E-state index contributed by atoms with van der Waals surface area (Å²) >= 11 is 0. The first kappa shape index (κ1) is 12.1. The molecule has 0 saturated carbocycles. The van der Waals surface area contributed by atoms with Gasteiger partial charge in [0.2, 0.25) is 0 Å². The monoisotopic (exact) mass is 249 g/mol. The summed E-state index contributed by atoms with van der Waals surface area (Å²) in [6, 6.07) is 5.70. The molecule has 1 atom stereocenters. The van der Waals surface area contributed by atoms with Crippen molar-refractivity contribution in [3.63, 3.8) is 0 Å². The van der Waals surface area contributed by atoms with Crippen molar-refractivity contribution in [3.8, 4) is 0 Å². The van der Waals surface area contributed by atoms with Crippen LogP contribution < -0.4 is 5.32 Å². The molecular formula is C11H11N3O4. The number of hydrogen-bond donors (Lipinski definition) is 4. The van der Waals surface area contributed by atoms with Gasteiger partial charge >= 0.3 is 5.97 Å². The number of hydrogen-bond acceptors (Lipinski definition) is 4. The number of aromatic nitrogens is 2. The van der Waals surface area contributed by atoms with Gasteiger partial charge in [-0.15, -0.1) is 0 Å². The molecule has 94 valence electrons. The van der Waals surface area contributed by atoms with Crippen LogP contribution in [0.5, 0.6) is 0 Å². The van der Waals surface area contributed by atoms with Crippen LogP contribution in [0.15, 0.2) is 24.3 Å². The molecule has 1 aromatic carbocycles. The summed E-state index contributed by atoms with van der Waals surface area (Å²) in [6.45, 7) is -0.679. The van der Waals surface area contributed by atoms with Crippen LogP contribution in [0.4, 0.5) is 0 Å². The van der Waals surface area contributed by atoms with E-state index < -0.39 is 24.5 Å². The Morgan fingerprint density at radius 2 is 2.11 bits per heavy atom. The molecule has 18 heavy (non-hydrogen) atoms. The molecule has 0 aliphatic carbocycles. The molecule has 1 aromatic heterocycles. The molecule has 0 spiro atoms. The molecule has 0 aliphatic heterocycles. The maximum atomic E-state index is 11.7. The number of nitrogens with one attached hydrogen (secondary N) is 2. The minimum atomic E-state index is -1.34. The number of para-hydroxylation sites is 2. The van der Waals surface area contributed by atoms with Crippen molar-refractivity contribution < 1.29 is 19.8 Å². The summed E-state index contributed by atoms with van der Waals surface area (Å²) in [5, 5.41) is 19.7. The van der Waals surface area contributed by atoms with Crippen LogP contribution in [-0.2, 0) is 4.79 Å². The molecule has 0 bridgehead atoms. The second-order valence-electron chi connectivity index (χ2n) is 3.65. The zero-order valence-electron chi connectivity index (χ0n) is 9.25. The number of fused-ring (bicyclic) bond motifs is 1. The third-order valence-corrected chi connectivity index (χ3v) is 2.39. The largest absolute Gasteiger partial charge is 0.480 e. The average molecular weight is 249 g/mol. The predicted octanol–water partition coefficient (Wildman–Crippen LogP) is -0.262. The summed E-state index contributed by atoms with van der Waals surface area (Å²) < 4.78 is 0. The Morgan fingerprint density at radius 3 is 2.72 bits per heavy atom. The number of aliphatic hydroxyl groups is 1. The van der Waals surface area contributed by atoms with E-state index in [2.05, 4.69) is 15.3 Å². The highest BCUT2D eigenvalue weighted by Gasteiger charge is 2.21. The number of amides is 1. The SMILES string of the molecule is O=C(NC(CO)C(=O)O)c1nc2ccccc2[nH]1. The molecule has 4 N–H and O–H groups in total. The molecule has 1 unspecified atom stereocenters. The van der Waals surface area contributed by atoms with Gasteiger partial charge in [0.25, 0.3) is 5.91 Å². The van der Waals surface area contributed by atoms with E-state index in [1.807, 2.05) is 0 Å². The van der Waals surface area contributed by atoms with Gasteiger partial charge < -0.3 is 20.5 Å². The van der Waals surface area contributed by atoms with Crippen molar-refractivity contribution in [1.29, 1.82) is 0 Å². The fourth-order valence-corrected chi connectivity index (χ4v) is 1.47. The van der Waals surface area contributed by atoms with Gasteiger partial charge in [-0.1, -0.05) is 12.1 Å². The Balaban J connectivity index is 2.20. The molecule has 0 saturated heterocycles. The fourth-order valence-electron chi connectivity index (χ4n) is 1.47. The van der Waals surface area contributed by atoms with E-state index >= 15 is 0 Å². The number of aliphatic hydroxyl groups excluding tert-OH is 1. The summed E-state index contributed by atoms with van der Waals surface area (Å²) in [4.78, 5) is 29.2. The topological polar surface area (TPSA) is 115 Å². The molecular weight excluding hydrogens is 238 g/mol. The molecule has 2 aromatic rings. The Hall–Kier alpha value is -2.41. The van der Waals surface area contributed by atoms with Gasteiger partial charge in [-0.05, 0) is 12.1 Å². The standard InChI is InChI=1S/C11H11N3O4/c15-5-8(11(17)18)14-10(16)9-12-6-3-1-2-4-7(6)13-9/h1-4,8,15H,5H2,(H,12,13)(H,14,16)(H,17,18). The summed E-state index contributed by atoms with van der Waals surface area (Å²) in [6.07, 6.45) is 0. The fraction of sp³-hybridized carbons (Fsp3) is 0.182. The number of aromatic amines is 1. The van der Waals surface area contributed by atoms with Crippen LogP contribution in [0.2, 0.25) is 0 Å². The molecule has 1 heterocycles. The number of carbonyl (C=O) groups excluding carboxylic acids is 1. The lowest BCUT2D eigenvalue weighted by Crippen LogP contribution is -2.43. The minimum absolute atomic E-state index is 0.0101. The number of carboxylic acids is 1. The van der Waals surface area contributed by atoms with Crippen LogP contribution in [0, 0.1) is 0 Å². The van der Waals surface area contributed by atoms with Gasteiger partial charge in [0.15, 0.2) is 11.9 Å². The molecule has 0 aliphatic rings. The number of carboxylic acid groups (broad SMARTS) is 1. The maximum absolute atomic E-state index is 11.7. The van der Waals surface area contributed by atoms with E-state index in [1.54, 1.807) is 24.3 Å². The van der Waals surface area contributed by atoms with Gasteiger partial charge in [-0.3, -0.25) is 4.79 Å². The maximum Gasteiger partial charge on any atom is 0.328 e. The molecule has 7 nitrogen and oxygen atoms in total. The Kier molecular flexibility index (Phi) is 3.24. The lowest BCUT2D eigenvalue weighted by atomic mass is 10.3. The van der Waals surface area contributed by atoms with E-state index in [9.17, 15) is 9.59 Å².